The van der Waals surface area contributed by atoms with Gasteiger partial charge in [0.2, 0.25) is 0 Å². The zero-order valence-corrected chi connectivity index (χ0v) is 60.2. The van der Waals surface area contributed by atoms with Crippen molar-refractivity contribution in [3.8, 4) is 0 Å². The molecule has 3 aliphatic rings. The summed E-state index contributed by atoms with van der Waals surface area (Å²) in [5, 5.41) is 42.2. The number of aromatic nitrogens is 6. The number of carboxylic acids is 3. The van der Waals surface area contributed by atoms with Crippen molar-refractivity contribution in [3.63, 3.8) is 0 Å². The minimum Gasteiger partial charge on any atom is -0.480 e. The lowest BCUT2D eigenvalue weighted by molar-refractivity contribution is -0.138. The van der Waals surface area contributed by atoms with Crippen molar-refractivity contribution in [1.29, 1.82) is 0 Å². The van der Waals surface area contributed by atoms with Gasteiger partial charge in [-0.1, -0.05) is 36.4 Å². The molecule has 15 rings (SSSR count). The molecular formula is C80H80Cl3F4N9O9. The maximum Gasteiger partial charge on any atom is 0.323 e. The molecule has 7 N–H and O–H groups in total. The number of carbonyl (C=O) groups is 6. The van der Waals surface area contributed by atoms with E-state index >= 15 is 0 Å². The number of hydrogen-bond donors (Lipinski definition) is 7. The number of rotatable bonds is 15. The van der Waals surface area contributed by atoms with E-state index in [9.17, 15) is 61.6 Å². The molecular weight excluding hydrogens is 1410 g/mol. The molecule has 6 heterocycles. The largest absolute Gasteiger partial charge is 0.480 e. The minimum atomic E-state index is -0.943. The van der Waals surface area contributed by atoms with E-state index in [1.54, 1.807) is 62.5 Å². The number of nitrogens with one attached hydrogen (secondary N) is 4. The molecule has 0 atom stereocenters. The average Bonchev–Trinajstić information content (AvgIpc) is 1.62. The fourth-order valence-electron chi connectivity index (χ4n) is 16.1. The van der Waals surface area contributed by atoms with Crippen molar-refractivity contribution in [1.82, 2.24) is 44.6 Å². The predicted molar refractivity (Wildman–Crippen MR) is 404 cm³/mol. The van der Waals surface area contributed by atoms with Crippen LogP contribution in [0, 0.1) is 44.0 Å². The summed E-state index contributed by atoms with van der Waals surface area (Å²) < 4.78 is 60.9. The smallest absolute Gasteiger partial charge is 0.323 e. The lowest BCUT2D eigenvalue weighted by Gasteiger charge is -2.30. The summed E-state index contributed by atoms with van der Waals surface area (Å²) in [6, 6.07) is 38.6. The van der Waals surface area contributed by atoms with Gasteiger partial charge in [0.05, 0.1) is 22.2 Å². The van der Waals surface area contributed by atoms with Gasteiger partial charge < -0.3 is 50.0 Å². The Balaban J connectivity index is 0.000000166. The number of amides is 3. The Morgan fingerprint density at radius 2 is 0.829 bits per heavy atom. The van der Waals surface area contributed by atoms with Crippen LogP contribution in [0.1, 0.15) is 160 Å². The monoisotopic (exact) mass is 1490 g/mol. The van der Waals surface area contributed by atoms with Crippen LogP contribution in [0.3, 0.4) is 0 Å². The molecule has 0 bridgehead atoms. The molecule has 0 aliphatic heterocycles. The van der Waals surface area contributed by atoms with Crippen molar-refractivity contribution in [2.45, 2.75) is 153 Å². The Morgan fingerprint density at radius 3 is 1.29 bits per heavy atom. The summed E-state index contributed by atoms with van der Waals surface area (Å²) in [7, 11) is 0. The molecule has 0 saturated heterocycles. The predicted octanol–water partition coefficient (Wildman–Crippen LogP) is 16.9. The van der Waals surface area contributed by atoms with Crippen LogP contribution in [0.5, 0.6) is 0 Å². The molecule has 6 aromatic carbocycles. The van der Waals surface area contributed by atoms with Gasteiger partial charge in [0.25, 0.3) is 17.7 Å². The highest BCUT2D eigenvalue weighted by molar-refractivity contribution is 6.06. The van der Waals surface area contributed by atoms with Gasteiger partial charge in [0.1, 0.15) is 48.6 Å². The van der Waals surface area contributed by atoms with E-state index in [4.69, 9.17) is 0 Å². The maximum atomic E-state index is 14.1. The summed E-state index contributed by atoms with van der Waals surface area (Å²) >= 11 is 0. The summed E-state index contributed by atoms with van der Waals surface area (Å²) in [6.07, 6.45) is 12.9. The summed E-state index contributed by atoms with van der Waals surface area (Å²) in [5.74, 6) is -4.06. The van der Waals surface area contributed by atoms with Gasteiger partial charge in [-0.25, -0.2) is 17.6 Å². The average molecular weight is 1490 g/mol. The summed E-state index contributed by atoms with van der Waals surface area (Å²) in [5.41, 5.74) is 11.8. The zero-order valence-electron chi connectivity index (χ0n) is 57.8. The number of carboxylic acid groups (broad SMARTS) is 3. The number of aliphatic carboxylic acids is 3. The van der Waals surface area contributed by atoms with Crippen LogP contribution < -0.4 is 16.0 Å². The first-order valence-corrected chi connectivity index (χ1v) is 34.5. The molecule has 18 nitrogen and oxygen atoms in total. The molecule has 3 amide bonds. The van der Waals surface area contributed by atoms with E-state index in [1.165, 1.54) is 48.5 Å². The fraction of sp³-hybridized carbons (Fsp3) is 0.300. The first-order chi connectivity index (χ1) is 49.1. The van der Waals surface area contributed by atoms with E-state index in [2.05, 4.69) is 30.9 Å². The second-order valence-corrected chi connectivity index (χ2v) is 27.2. The molecule has 105 heavy (non-hydrogen) atoms. The van der Waals surface area contributed by atoms with Crippen LogP contribution in [0.25, 0.3) is 65.4 Å². The minimum absolute atomic E-state index is 0. The van der Waals surface area contributed by atoms with Crippen molar-refractivity contribution < 1.29 is 61.6 Å². The molecule has 12 aromatic rings. The lowest BCUT2D eigenvalue weighted by atomic mass is 9.80. The molecule has 0 radical (unpaired) electrons. The second kappa shape index (κ2) is 33.2. The van der Waals surface area contributed by atoms with Gasteiger partial charge in [-0.2, -0.15) is 0 Å². The molecule has 3 aliphatic carbocycles. The normalized spacial score (nSPS) is 17.8. The third kappa shape index (κ3) is 16.8. The Labute approximate surface area is 620 Å². The van der Waals surface area contributed by atoms with Crippen LogP contribution in [-0.4, -0.2) is 97.7 Å². The van der Waals surface area contributed by atoms with E-state index < -0.39 is 17.9 Å². The van der Waals surface area contributed by atoms with Crippen LogP contribution in [0.4, 0.5) is 17.6 Å². The third-order valence-electron chi connectivity index (χ3n) is 20.9. The Bertz CT molecular complexity index is 5250. The summed E-state index contributed by atoms with van der Waals surface area (Å²) in [4.78, 5) is 84.6. The number of aromatic amines is 1. The SMILES string of the molecule is Cc1c(C2CCC(NC(=O)c3cc4cc(F)ccc4[nH]3)CC2)c2cc(F)ccc2n1CC(=O)O.Cc1c(C2CCC(NC(=O)c3ccnc4ccccc34)CC2)c2cc(F)ccc2n1CC(=O)O.Cc1c(C2CCC(NC(=O)c3cnc4ccccc4c3)CC2)c2cc(F)ccc2n1CC(=O)O.Cl.Cl.Cl. The first-order valence-electron chi connectivity index (χ1n) is 34.5. The van der Waals surface area contributed by atoms with Gasteiger partial charge in [0, 0.05) is 102 Å². The van der Waals surface area contributed by atoms with E-state index in [1.807, 2.05) is 75.4 Å². The molecule has 25 heteroatoms. The van der Waals surface area contributed by atoms with Crippen molar-refractivity contribution in [2.75, 3.05) is 0 Å². The van der Waals surface area contributed by atoms with E-state index in [-0.39, 0.29) is 134 Å². The molecule has 0 unspecified atom stereocenters. The lowest BCUT2D eigenvalue weighted by Crippen LogP contribution is -2.37. The van der Waals surface area contributed by atoms with Gasteiger partial charge >= 0.3 is 17.9 Å². The molecule has 548 valence electrons. The quantitative estimate of drug-likeness (QED) is 0.0475. The molecule has 3 saturated carbocycles. The standard InChI is InChI=1S/2C27H26FN3O3.C26H25F2N3O3.3ClH/c1-16-26(22-13-20(28)8-11-24(22)31(16)15-25(32)33)17-6-9-21(10-7-17)30-27(34)19-12-18-4-2-3-5-23(18)29-14-19;1-16-26(22-14-18(28)8-11-24(22)31(16)15-25(32)33)17-6-9-19(10-7-17)30-27(34)21-12-13-29-23-5-3-2-4-20(21)23;1-14-25(20-12-18(28)5-9-23(20)31(14)13-24(32)33)15-2-6-19(7-3-15)29-26(34)22-11-16-10-17(27)4-8-21(16)30-22;;;/h2-5,8,11-14,17,21H,6-7,9-10,15H2,1H3,(H,30,34)(H,32,33);2-5,8,11-14,17,19H,6-7,9-10,15H2,1H3,(H,30,34)(H,32,33);4-5,8-12,15,19,30H,2-3,6-7,13H2,1H3,(H,29,34)(H,32,33);3*1H. The first kappa shape index (κ1) is 77.3. The highest BCUT2D eigenvalue weighted by atomic mass is 35.5. The number of H-pyrrole nitrogens is 1. The van der Waals surface area contributed by atoms with E-state index in [0.29, 0.717) is 27.7 Å². The van der Waals surface area contributed by atoms with Crippen molar-refractivity contribution in [2.24, 2.45) is 0 Å². The van der Waals surface area contributed by atoms with Crippen LogP contribution >= 0.6 is 37.2 Å². The number of nitrogens with zero attached hydrogens (tertiary/aromatic N) is 5. The second-order valence-electron chi connectivity index (χ2n) is 27.2. The number of benzene rings is 6. The van der Waals surface area contributed by atoms with Crippen LogP contribution in [0.2, 0.25) is 0 Å². The number of carbonyl (C=O) groups excluding carboxylic acids is 3. The Kier molecular flexibility index (Phi) is 24.5. The summed E-state index contributed by atoms with van der Waals surface area (Å²) in [6.45, 7) is 5.24. The van der Waals surface area contributed by atoms with Crippen LogP contribution in [0.15, 0.2) is 152 Å². The van der Waals surface area contributed by atoms with Crippen molar-refractivity contribution in [3.05, 3.63) is 226 Å². The number of pyridine rings is 2. The Hall–Kier alpha value is -10.3. The van der Waals surface area contributed by atoms with Crippen LogP contribution in [-0.2, 0) is 34.0 Å². The molecule has 6 aromatic heterocycles. The topological polar surface area (TPSA) is 256 Å². The van der Waals surface area contributed by atoms with Gasteiger partial charge in [-0.05, 0) is 235 Å². The van der Waals surface area contributed by atoms with Gasteiger partial charge in [-0.15, -0.1) is 37.2 Å². The maximum absolute atomic E-state index is 14.1. The Morgan fingerprint density at radius 1 is 0.429 bits per heavy atom. The van der Waals surface area contributed by atoms with Gasteiger partial charge in [0.15, 0.2) is 0 Å². The molecule has 0 spiro atoms. The molecule has 3 fully saturated rings. The number of halogens is 7. The van der Waals surface area contributed by atoms with E-state index in [0.717, 1.165) is 165 Å². The van der Waals surface area contributed by atoms with Crippen molar-refractivity contribution >= 4 is 138 Å². The highest BCUT2D eigenvalue weighted by Gasteiger charge is 2.33. The zero-order chi connectivity index (χ0) is 71.6. The number of fused-ring (bicyclic) bond motifs is 6. The van der Waals surface area contributed by atoms with Gasteiger partial charge in [-0.3, -0.25) is 38.7 Å². The third-order valence-corrected chi connectivity index (χ3v) is 20.9. The number of hydrogen-bond acceptors (Lipinski definition) is 8. The fourth-order valence-corrected chi connectivity index (χ4v) is 16.1. The number of para-hydroxylation sites is 2. The highest BCUT2D eigenvalue weighted by Crippen LogP contribution is 2.44.